The van der Waals surface area contributed by atoms with Crippen LogP contribution >= 0.6 is 27.7 Å². The maximum Gasteiger partial charge on any atom is 0.277 e. The summed E-state index contributed by atoms with van der Waals surface area (Å²) in [6.45, 7) is 2.99. The first kappa shape index (κ1) is 19.9. The van der Waals surface area contributed by atoms with Crippen molar-refractivity contribution in [3.63, 3.8) is 0 Å². The Hall–Kier alpha value is -2.36. The van der Waals surface area contributed by atoms with Gasteiger partial charge in [0.1, 0.15) is 0 Å². The summed E-state index contributed by atoms with van der Waals surface area (Å²) in [5.41, 5.74) is 2.61. The Labute approximate surface area is 181 Å². The molecule has 2 aromatic carbocycles. The third-order valence-electron chi connectivity index (χ3n) is 4.37. The highest BCUT2D eigenvalue weighted by Crippen LogP contribution is 2.30. The molecule has 0 spiro atoms. The standard InChI is InChI=1S/C20H19BrN4O3S/c21-15-6-2-1-5-14(15)19-23-24-20(28-19)29-13-18(26)22-16-7-3-4-8-17(16)25-9-11-27-12-10-25/h1-8H,9-13H2,(H,22,26). The van der Waals surface area contributed by atoms with Crippen LogP contribution in [0, 0.1) is 0 Å². The van der Waals surface area contributed by atoms with Crippen molar-refractivity contribution in [3.05, 3.63) is 53.0 Å². The number of carbonyl (C=O) groups excluding carboxylic acids is 1. The van der Waals surface area contributed by atoms with Gasteiger partial charge in [0.25, 0.3) is 5.22 Å². The second kappa shape index (κ2) is 9.43. The lowest BCUT2D eigenvalue weighted by molar-refractivity contribution is -0.113. The minimum absolute atomic E-state index is 0.128. The second-order valence-electron chi connectivity index (χ2n) is 6.31. The van der Waals surface area contributed by atoms with Crippen LogP contribution in [0.3, 0.4) is 0 Å². The molecule has 2 heterocycles. The van der Waals surface area contributed by atoms with Gasteiger partial charge in [0, 0.05) is 17.6 Å². The van der Waals surface area contributed by atoms with Crippen molar-refractivity contribution in [2.45, 2.75) is 5.22 Å². The van der Waals surface area contributed by atoms with E-state index in [1.807, 2.05) is 48.5 Å². The van der Waals surface area contributed by atoms with Crippen LogP contribution in [0.5, 0.6) is 0 Å². The number of halogens is 1. The normalized spacial score (nSPS) is 14.0. The molecule has 1 amide bonds. The number of benzene rings is 2. The number of rotatable bonds is 6. The van der Waals surface area contributed by atoms with Crippen LogP contribution in [0.4, 0.5) is 11.4 Å². The molecule has 1 aliphatic heterocycles. The Balaban J connectivity index is 1.37. The first-order valence-corrected chi connectivity index (χ1v) is 10.9. The van der Waals surface area contributed by atoms with Crippen LogP contribution in [-0.2, 0) is 9.53 Å². The van der Waals surface area contributed by atoms with Gasteiger partial charge in [-0.2, -0.15) is 0 Å². The van der Waals surface area contributed by atoms with Gasteiger partial charge < -0.3 is 19.4 Å². The van der Waals surface area contributed by atoms with Crippen molar-refractivity contribution in [1.29, 1.82) is 0 Å². The first-order chi connectivity index (χ1) is 14.2. The van der Waals surface area contributed by atoms with Crippen molar-refractivity contribution in [1.82, 2.24) is 10.2 Å². The third kappa shape index (κ3) is 4.98. The van der Waals surface area contributed by atoms with Crippen molar-refractivity contribution in [2.75, 3.05) is 42.3 Å². The molecule has 1 aromatic heterocycles. The van der Waals surface area contributed by atoms with Crippen LogP contribution in [0.25, 0.3) is 11.5 Å². The lowest BCUT2D eigenvalue weighted by Gasteiger charge is -2.30. The third-order valence-corrected chi connectivity index (χ3v) is 5.88. The monoisotopic (exact) mass is 474 g/mol. The van der Waals surface area contributed by atoms with Gasteiger partial charge >= 0.3 is 0 Å². The zero-order chi connectivity index (χ0) is 20.1. The SMILES string of the molecule is O=C(CSc1nnc(-c2ccccc2Br)o1)Nc1ccccc1N1CCOCC1. The number of para-hydroxylation sites is 2. The molecule has 4 rings (SSSR count). The van der Waals surface area contributed by atoms with Crippen LogP contribution in [-0.4, -0.2) is 48.2 Å². The Morgan fingerprint density at radius 1 is 1.10 bits per heavy atom. The highest BCUT2D eigenvalue weighted by atomic mass is 79.9. The van der Waals surface area contributed by atoms with E-state index >= 15 is 0 Å². The first-order valence-electron chi connectivity index (χ1n) is 9.13. The fraction of sp³-hybridized carbons (Fsp3) is 0.250. The van der Waals surface area contributed by atoms with Crippen molar-refractivity contribution >= 4 is 45.0 Å². The molecule has 1 fully saturated rings. The lowest BCUT2D eigenvalue weighted by Crippen LogP contribution is -2.36. The largest absolute Gasteiger partial charge is 0.411 e. The van der Waals surface area contributed by atoms with Gasteiger partial charge in [-0.15, -0.1) is 10.2 Å². The van der Waals surface area contributed by atoms with E-state index in [2.05, 4.69) is 36.3 Å². The fourth-order valence-corrected chi connectivity index (χ4v) is 4.00. The molecule has 1 aliphatic rings. The van der Waals surface area contributed by atoms with Gasteiger partial charge in [-0.1, -0.05) is 36.0 Å². The molecule has 150 valence electrons. The average molecular weight is 475 g/mol. The summed E-state index contributed by atoms with van der Waals surface area (Å²) < 4.78 is 12.0. The molecule has 0 bridgehead atoms. The molecule has 3 aromatic rings. The van der Waals surface area contributed by atoms with Crippen LogP contribution in [0.15, 0.2) is 62.6 Å². The van der Waals surface area contributed by atoms with E-state index in [0.717, 1.165) is 34.5 Å². The molecule has 1 saturated heterocycles. The highest BCUT2D eigenvalue weighted by molar-refractivity contribution is 9.10. The fourth-order valence-electron chi connectivity index (χ4n) is 2.98. The Morgan fingerprint density at radius 3 is 2.69 bits per heavy atom. The number of carbonyl (C=O) groups is 1. The summed E-state index contributed by atoms with van der Waals surface area (Å²) in [5, 5.41) is 11.4. The number of aromatic nitrogens is 2. The molecule has 0 atom stereocenters. The van der Waals surface area contributed by atoms with E-state index in [1.54, 1.807) is 0 Å². The molecule has 0 unspecified atom stereocenters. The number of anilines is 2. The predicted octanol–water partition coefficient (Wildman–Crippen LogP) is 4.07. The molecule has 29 heavy (non-hydrogen) atoms. The maximum atomic E-state index is 12.5. The molecular weight excluding hydrogens is 456 g/mol. The highest BCUT2D eigenvalue weighted by Gasteiger charge is 2.17. The van der Waals surface area contributed by atoms with Crippen molar-refractivity contribution in [3.8, 4) is 11.5 Å². The van der Waals surface area contributed by atoms with Crippen LogP contribution < -0.4 is 10.2 Å². The van der Waals surface area contributed by atoms with E-state index in [0.29, 0.717) is 24.3 Å². The molecule has 0 saturated carbocycles. The number of morpholine rings is 1. The summed E-state index contributed by atoms with van der Waals surface area (Å²) >= 11 is 4.68. The van der Waals surface area contributed by atoms with E-state index in [9.17, 15) is 4.79 Å². The quantitative estimate of drug-likeness (QED) is 0.539. The van der Waals surface area contributed by atoms with Gasteiger partial charge in [-0.05, 0) is 40.2 Å². The van der Waals surface area contributed by atoms with Gasteiger partial charge in [0.05, 0.1) is 35.9 Å². The zero-order valence-corrected chi connectivity index (χ0v) is 17.9. The molecule has 7 nitrogen and oxygen atoms in total. The van der Waals surface area contributed by atoms with Gasteiger partial charge in [-0.25, -0.2) is 0 Å². The number of nitrogens with zero attached hydrogens (tertiary/aromatic N) is 3. The minimum atomic E-state index is -0.128. The second-order valence-corrected chi connectivity index (χ2v) is 8.09. The van der Waals surface area contributed by atoms with E-state index < -0.39 is 0 Å². The van der Waals surface area contributed by atoms with Gasteiger partial charge in [0.15, 0.2) is 0 Å². The Kier molecular flexibility index (Phi) is 6.48. The summed E-state index contributed by atoms with van der Waals surface area (Å²) in [7, 11) is 0. The number of ether oxygens (including phenoxy) is 1. The predicted molar refractivity (Wildman–Crippen MR) is 116 cm³/mol. The van der Waals surface area contributed by atoms with Crippen molar-refractivity contribution < 1.29 is 13.9 Å². The molecule has 0 aliphatic carbocycles. The number of amides is 1. The smallest absolute Gasteiger partial charge is 0.277 e. The maximum absolute atomic E-state index is 12.5. The number of nitrogens with one attached hydrogen (secondary N) is 1. The molecule has 1 N–H and O–H groups in total. The Morgan fingerprint density at radius 2 is 1.86 bits per heavy atom. The summed E-state index contributed by atoms with van der Waals surface area (Å²) in [6, 6.07) is 15.4. The van der Waals surface area contributed by atoms with Crippen LogP contribution in [0.2, 0.25) is 0 Å². The van der Waals surface area contributed by atoms with Gasteiger partial charge in [0.2, 0.25) is 11.8 Å². The Bertz CT molecular complexity index is 991. The number of hydrogen-bond donors (Lipinski definition) is 1. The molecule has 0 radical (unpaired) electrons. The number of thioether (sulfide) groups is 1. The van der Waals surface area contributed by atoms with E-state index in [4.69, 9.17) is 9.15 Å². The van der Waals surface area contributed by atoms with Crippen molar-refractivity contribution in [2.24, 2.45) is 0 Å². The minimum Gasteiger partial charge on any atom is -0.411 e. The summed E-state index contributed by atoms with van der Waals surface area (Å²) in [4.78, 5) is 14.7. The van der Waals surface area contributed by atoms with E-state index in [-0.39, 0.29) is 11.7 Å². The number of hydrogen-bond acceptors (Lipinski definition) is 7. The molecular formula is C20H19BrN4O3S. The molecule has 9 heteroatoms. The topological polar surface area (TPSA) is 80.5 Å². The van der Waals surface area contributed by atoms with Crippen LogP contribution in [0.1, 0.15) is 0 Å². The zero-order valence-electron chi connectivity index (χ0n) is 15.5. The summed E-state index contributed by atoms with van der Waals surface area (Å²) in [5.74, 6) is 0.462. The van der Waals surface area contributed by atoms with Gasteiger partial charge in [-0.3, -0.25) is 4.79 Å². The average Bonchev–Trinajstić information content (AvgIpc) is 3.22. The lowest BCUT2D eigenvalue weighted by atomic mass is 10.2. The van der Waals surface area contributed by atoms with E-state index in [1.165, 1.54) is 11.8 Å². The summed E-state index contributed by atoms with van der Waals surface area (Å²) in [6.07, 6.45) is 0.